The Hall–Kier alpha value is -3.03. The SMILES string of the molecule is FC(F)(F)c1ccnc2ccc(N3CC4(CC(/C=C/c5c(-c6c(Cl)cccc6Cl)noc5C5CC5)C4)C3)cc12. The number of halogens is 5. The second-order valence-corrected chi connectivity index (χ2v) is 11.9. The number of rotatable bonds is 5. The molecule has 9 heteroatoms. The quantitative estimate of drug-likeness (QED) is 0.240. The molecule has 0 radical (unpaired) electrons. The lowest BCUT2D eigenvalue weighted by molar-refractivity contribution is -0.136. The summed E-state index contributed by atoms with van der Waals surface area (Å²) in [6.07, 6.45) is 5.40. The molecule has 3 fully saturated rings. The van der Waals surface area contributed by atoms with Crippen LogP contribution in [0.1, 0.15) is 48.5 Å². The molecule has 0 bridgehead atoms. The molecule has 1 aliphatic heterocycles. The highest BCUT2D eigenvalue weighted by Gasteiger charge is 2.51. The van der Waals surface area contributed by atoms with Gasteiger partial charge in [0.2, 0.25) is 0 Å². The third-order valence-corrected chi connectivity index (χ3v) is 8.91. The zero-order valence-corrected chi connectivity index (χ0v) is 22.3. The van der Waals surface area contributed by atoms with Gasteiger partial charge in [0.1, 0.15) is 11.5 Å². The Bertz CT molecular complexity index is 1590. The molecular weight excluding hydrogens is 546 g/mol. The first-order valence-electron chi connectivity index (χ1n) is 13.0. The summed E-state index contributed by atoms with van der Waals surface area (Å²) < 4.78 is 46.3. The number of anilines is 1. The molecular formula is C30H24Cl2F3N3O. The van der Waals surface area contributed by atoms with E-state index in [4.69, 9.17) is 27.7 Å². The normalized spacial score (nSPS) is 19.2. The summed E-state index contributed by atoms with van der Waals surface area (Å²) in [5, 5.41) is 5.58. The molecule has 2 aliphatic carbocycles. The average molecular weight is 570 g/mol. The molecule has 2 saturated carbocycles. The van der Waals surface area contributed by atoms with Crippen molar-refractivity contribution in [3.63, 3.8) is 0 Å². The first kappa shape index (κ1) is 25.0. The number of pyridine rings is 1. The highest BCUT2D eigenvalue weighted by Crippen LogP contribution is 2.54. The van der Waals surface area contributed by atoms with Gasteiger partial charge in [-0.25, -0.2) is 0 Å². The average Bonchev–Trinajstić information content (AvgIpc) is 3.61. The van der Waals surface area contributed by atoms with Crippen molar-refractivity contribution in [1.82, 2.24) is 10.1 Å². The van der Waals surface area contributed by atoms with Crippen LogP contribution in [0.5, 0.6) is 0 Å². The van der Waals surface area contributed by atoms with Crippen molar-refractivity contribution in [2.45, 2.75) is 37.8 Å². The van der Waals surface area contributed by atoms with Crippen molar-refractivity contribution in [3.05, 3.63) is 81.7 Å². The summed E-state index contributed by atoms with van der Waals surface area (Å²) in [6, 6.07) is 11.6. The molecule has 200 valence electrons. The van der Waals surface area contributed by atoms with Gasteiger partial charge >= 0.3 is 6.18 Å². The summed E-state index contributed by atoms with van der Waals surface area (Å²) in [5.41, 5.74) is 3.05. The van der Waals surface area contributed by atoms with Gasteiger partial charge < -0.3 is 9.42 Å². The standard InChI is InChI=1S/C30H24Cl2F3N3O/c31-23-2-1-3-24(32)26(23)27-20(28(39-37-27)18-5-6-18)8-4-17-13-29(14-17)15-38(16-29)19-7-9-25-21(12-19)22(10-11-36-25)30(33,34)35/h1-4,7-12,17-18H,5-6,13-16H2/b8-4+. The molecule has 0 unspecified atom stereocenters. The Morgan fingerprint density at radius 2 is 1.77 bits per heavy atom. The van der Waals surface area contributed by atoms with E-state index in [-0.39, 0.29) is 10.8 Å². The van der Waals surface area contributed by atoms with Gasteiger partial charge in [-0.3, -0.25) is 4.98 Å². The van der Waals surface area contributed by atoms with Gasteiger partial charge in [0.15, 0.2) is 0 Å². The fraction of sp³-hybridized carbons (Fsp3) is 0.333. The Kier molecular flexibility index (Phi) is 5.76. The van der Waals surface area contributed by atoms with Gasteiger partial charge in [-0.2, -0.15) is 13.2 Å². The van der Waals surface area contributed by atoms with Crippen LogP contribution in [0.4, 0.5) is 18.9 Å². The third-order valence-electron chi connectivity index (χ3n) is 8.28. The smallest absolute Gasteiger partial charge is 0.370 e. The minimum absolute atomic E-state index is 0.146. The Morgan fingerprint density at radius 3 is 2.46 bits per heavy atom. The summed E-state index contributed by atoms with van der Waals surface area (Å²) in [7, 11) is 0. The van der Waals surface area contributed by atoms with Crippen LogP contribution < -0.4 is 4.90 Å². The lowest BCUT2D eigenvalue weighted by Crippen LogP contribution is -2.62. The zero-order chi connectivity index (χ0) is 26.9. The first-order valence-corrected chi connectivity index (χ1v) is 13.8. The van der Waals surface area contributed by atoms with Crippen LogP contribution in [-0.2, 0) is 6.18 Å². The predicted octanol–water partition coefficient (Wildman–Crippen LogP) is 9.02. The number of hydrogen-bond donors (Lipinski definition) is 0. The molecule has 7 rings (SSSR count). The van der Waals surface area contributed by atoms with Crippen LogP contribution >= 0.6 is 23.2 Å². The van der Waals surface area contributed by atoms with Crippen LogP contribution in [0.25, 0.3) is 28.2 Å². The summed E-state index contributed by atoms with van der Waals surface area (Å²) in [5.74, 6) is 1.70. The largest absolute Gasteiger partial charge is 0.417 e. The Balaban J connectivity index is 1.06. The molecule has 3 aliphatic rings. The Labute approximate surface area is 233 Å². The topological polar surface area (TPSA) is 42.2 Å². The van der Waals surface area contributed by atoms with E-state index in [2.05, 4.69) is 27.2 Å². The maximum absolute atomic E-state index is 13.5. The molecule has 1 saturated heterocycles. The van der Waals surface area contributed by atoms with E-state index < -0.39 is 11.7 Å². The van der Waals surface area contributed by atoms with Crippen LogP contribution in [0.3, 0.4) is 0 Å². The number of allylic oxidation sites excluding steroid dienone is 1. The first-order chi connectivity index (χ1) is 18.7. The van der Waals surface area contributed by atoms with Gasteiger partial charge in [0, 0.05) is 52.8 Å². The number of alkyl halides is 3. The van der Waals surface area contributed by atoms with Gasteiger partial charge in [0.05, 0.1) is 21.1 Å². The van der Waals surface area contributed by atoms with Crippen LogP contribution in [-0.4, -0.2) is 23.2 Å². The molecule has 39 heavy (non-hydrogen) atoms. The minimum Gasteiger partial charge on any atom is -0.370 e. The highest BCUT2D eigenvalue weighted by atomic mass is 35.5. The molecule has 4 aromatic rings. The molecule has 2 aromatic carbocycles. The lowest BCUT2D eigenvalue weighted by Gasteiger charge is -2.59. The summed E-state index contributed by atoms with van der Waals surface area (Å²) in [4.78, 5) is 6.27. The van der Waals surface area contributed by atoms with E-state index in [9.17, 15) is 13.2 Å². The van der Waals surface area contributed by atoms with Crippen molar-refractivity contribution in [2.24, 2.45) is 11.3 Å². The van der Waals surface area contributed by atoms with Crippen molar-refractivity contribution < 1.29 is 17.7 Å². The lowest BCUT2D eigenvalue weighted by atomic mass is 9.57. The maximum Gasteiger partial charge on any atom is 0.417 e. The van der Waals surface area contributed by atoms with Crippen molar-refractivity contribution in [1.29, 1.82) is 0 Å². The van der Waals surface area contributed by atoms with Crippen molar-refractivity contribution >= 4 is 45.9 Å². The Morgan fingerprint density at radius 1 is 1.03 bits per heavy atom. The minimum atomic E-state index is -4.41. The van der Waals surface area contributed by atoms with Crippen molar-refractivity contribution in [2.75, 3.05) is 18.0 Å². The highest BCUT2D eigenvalue weighted by molar-refractivity contribution is 6.39. The number of nitrogens with zero attached hydrogens (tertiary/aromatic N) is 3. The zero-order valence-electron chi connectivity index (χ0n) is 20.8. The second kappa shape index (κ2) is 9.00. The fourth-order valence-electron chi connectivity index (χ4n) is 6.22. The van der Waals surface area contributed by atoms with Crippen LogP contribution in [0.15, 0.2) is 59.3 Å². The second-order valence-electron chi connectivity index (χ2n) is 11.1. The van der Waals surface area contributed by atoms with E-state index >= 15 is 0 Å². The maximum atomic E-state index is 13.5. The number of benzene rings is 2. The van der Waals surface area contributed by atoms with Crippen molar-refractivity contribution in [3.8, 4) is 11.3 Å². The number of fused-ring (bicyclic) bond motifs is 1. The van der Waals surface area contributed by atoms with E-state index in [1.165, 1.54) is 6.20 Å². The van der Waals surface area contributed by atoms with Gasteiger partial charge in [0.25, 0.3) is 0 Å². The van der Waals surface area contributed by atoms with Gasteiger partial charge in [-0.15, -0.1) is 0 Å². The van der Waals surface area contributed by atoms with E-state index in [1.54, 1.807) is 24.3 Å². The molecule has 0 N–H and O–H groups in total. The molecule has 3 heterocycles. The van der Waals surface area contributed by atoms with Crippen LogP contribution in [0.2, 0.25) is 10.0 Å². The molecule has 0 atom stereocenters. The molecule has 4 nitrogen and oxygen atoms in total. The van der Waals surface area contributed by atoms with Gasteiger partial charge in [-0.1, -0.05) is 46.6 Å². The summed E-state index contributed by atoms with van der Waals surface area (Å²) >= 11 is 13.0. The molecule has 1 spiro atoms. The van der Waals surface area contributed by atoms with E-state index in [0.717, 1.165) is 61.9 Å². The monoisotopic (exact) mass is 569 g/mol. The fourth-order valence-corrected chi connectivity index (χ4v) is 6.80. The van der Waals surface area contributed by atoms with E-state index in [0.29, 0.717) is 38.7 Å². The molecule has 2 aromatic heterocycles. The molecule has 0 amide bonds. The predicted molar refractivity (Wildman–Crippen MR) is 147 cm³/mol. The van der Waals surface area contributed by atoms with E-state index in [1.807, 2.05) is 12.1 Å². The van der Waals surface area contributed by atoms with Crippen LogP contribution in [0, 0.1) is 11.3 Å². The van der Waals surface area contributed by atoms with Gasteiger partial charge in [-0.05, 0) is 68.0 Å². The number of hydrogen-bond acceptors (Lipinski definition) is 4. The summed E-state index contributed by atoms with van der Waals surface area (Å²) in [6.45, 7) is 1.68. The number of aromatic nitrogens is 2. The third kappa shape index (κ3) is 4.40.